The van der Waals surface area contributed by atoms with Crippen LogP contribution in [0.5, 0.6) is 0 Å². The monoisotopic (exact) mass is 320 g/mol. The van der Waals surface area contributed by atoms with Crippen LogP contribution in [0.15, 0.2) is 18.2 Å². The lowest BCUT2D eigenvalue weighted by molar-refractivity contribution is 0.470. The first-order chi connectivity index (χ1) is 11.8. The van der Waals surface area contributed by atoms with E-state index in [9.17, 15) is 0 Å². The van der Waals surface area contributed by atoms with Gasteiger partial charge < -0.3 is 10.2 Å². The highest BCUT2D eigenvalue weighted by Gasteiger charge is 2.29. The normalized spacial score (nSPS) is 22.0. The van der Waals surface area contributed by atoms with Crippen molar-refractivity contribution in [2.24, 2.45) is 0 Å². The molecule has 4 heteroatoms. The summed E-state index contributed by atoms with van der Waals surface area (Å²) in [6.07, 6.45) is 5.81. The maximum Gasteiger partial charge on any atom is 0.226 e. The van der Waals surface area contributed by atoms with E-state index in [0.717, 1.165) is 44.8 Å². The predicted octanol–water partition coefficient (Wildman–Crippen LogP) is 2.88. The van der Waals surface area contributed by atoms with Crippen LogP contribution < -0.4 is 10.2 Å². The molecule has 124 valence electrons. The Labute approximate surface area is 143 Å². The molecule has 24 heavy (non-hydrogen) atoms. The number of nitrogens with zero attached hydrogens (tertiary/aromatic N) is 3. The molecule has 1 fully saturated rings. The summed E-state index contributed by atoms with van der Waals surface area (Å²) in [6, 6.07) is 7.50. The van der Waals surface area contributed by atoms with Gasteiger partial charge in [0.05, 0.1) is 5.69 Å². The largest absolute Gasteiger partial charge is 0.338 e. The topological polar surface area (TPSA) is 41.1 Å². The molecule has 0 radical (unpaired) electrons. The Bertz CT molecular complexity index is 798. The summed E-state index contributed by atoms with van der Waals surface area (Å²) in [6.45, 7) is 5.43. The summed E-state index contributed by atoms with van der Waals surface area (Å²) in [5.74, 6) is 0.948. The summed E-state index contributed by atoms with van der Waals surface area (Å²) >= 11 is 0. The molecule has 4 nitrogen and oxygen atoms in total. The lowest BCUT2D eigenvalue weighted by atomic mass is 9.95. The molecule has 0 unspecified atom stereocenters. The highest BCUT2D eigenvalue weighted by molar-refractivity contribution is 5.68. The van der Waals surface area contributed by atoms with Crippen molar-refractivity contribution in [1.29, 1.82) is 0 Å². The highest BCUT2D eigenvalue weighted by atomic mass is 15.3. The van der Waals surface area contributed by atoms with Gasteiger partial charge in [0.2, 0.25) is 5.95 Å². The van der Waals surface area contributed by atoms with Crippen LogP contribution in [0.3, 0.4) is 0 Å². The third-order valence-corrected chi connectivity index (χ3v) is 5.86. The molecule has 1 aromatic heterocycles. The summed E-state index contributed by atoms with van der Waals surface area (Å²) in [4.78, 5) is 12.3. The number of benzene rings is 1. The van der Waals surface area contributed by atoms with Gasteiger partial charge in [0.15, 0.2) is 0 Å². The second-order valence-electron chi connectivity index (χ2n) is 7.39. The van der Waals surface area contributed by atoms with Crippen molar-refractivity contribution in [1.82, 2.24) is 15.3 Å². The molecular formula is C20H24N4. The minimum atomic E-state index is 0.576. The molecule has 1 aromatic carbocycles. The van der Waals surface area contributed by atoms with Crippen LogP contribution in [0.2, 0.25) is 0 Å². The fraction of sp³-hybridized carbons (Fsp3) is 0.500. The van der Waals surface area contributed by atoms with E-state index in [1.54, 1.807) is 0 Å². The average Bonchev–Trinajstić information content (AvgIpc) is 3.08. The number of hydrogen-bond acceptors (Lipinski definition) is 4. The van der Waals surface area contributed by atoms with Crippen LogP contribution in [-0.4, -0.2) is 29.1 Å². The molecule has 1 N–H and O–H groups in total. The lowest BCUT2D eigenvalue weighted by Crippen LogP contribution is -2.46. The molecule has 3 heterocycles. The zero-order valence-electron chi connectivity index (χ0n) is 14.3. The number of nitrogens with one attached hydrogen (secondary N) is 1. The summed E-state index contributed by atoms with van der Waals surface area (Å²) in [7, 11) is 0. The molecule has 0 saturated carbocycles. The minimum Gasteiger partial charge on any atom is -0.338 e. The summed E-state index contributed by atoms with van der Waals surface area (Å²) in [5.41, 5.74) is 8.07. The van der Waals surface area contributed by atoms with Gasteiger partial charge in [0.25, 0.3) is 0 Å². The zero-order valence-corrected chi connectivity index (χ0v) is 14.3. The fourth-order valence-electron chi connectivity index (χ4n) is 4.22. The van der Waals surface area contributed by atoms with E-state index in [1.807, 2.05) is 0 Å². The Morgan fingerprint density at radius 1 is 1.12 bits per heavy atom. The van der Waals surface area contributed by atoms with Crippen molar-refractivity contribution in [2.75, 3.05) is 18.0 Å². The fourth-order valence-corrected chi connectivity index (χ4v) is 4.22. The molecule has 2 aliphatic heterocycles. The molecule has 1 saturated heterocycles. The van der Waals surface area contributed by atoms with Crippen LogP contribution in [0.4, 0.5) is 5.95 Å². The van der Waals surface area contributed by atoms with E-state index in [-0.39, 0.29) is 0 Å². The predicted molar refractivity (Wildman–Crippen MR) is 96.3 cm³/mol. The van der Waals surface area contributed by atoms with E-state index in [2.05, 4.69) is 35.3 Å². The second kappa shape index (κ2) is 5.55. The number of rotatable bonds is 2. The lowest BCUT2D eigenvalue weighted by Gasteiger charge is -2.39. The molecule has 1 atom stereocenters. The Morgan fingerprint density at radius 2 is 2.08 bits per heavy atom. The van der Waals surface area contributed by atoms with Gasteiger partial charge in [-0.1, -0.05) is 12.1 Å². The van der Waals surface area contributed by atoms with Crippen molar-refractivity contribution in [3.63, 3.8) is 0 Å². The van der Waals surface area contributed by atoms with Gasteiger partial charge >= 0.3 is 0 Å². The number of fused-ring (bicyclic) bond motifs is 2. The Morgan fingerprint density at radius 3 is 2.92 bits per heavy atom. The maximum atomic E-state index is 5.04. The Balaban J connectivity index is 1.62. The quantitative estimate of drug-likeness (QED) is 0.924. The molecule has 0 spiro atoms. The zero-order chi connectivity index (χ0) is 16.1. The van der Waals surface area contributed by atoms with Crippen molar-refractivity contribution >= 4 is 5.95 Å². The van der Waals surface area contributed by atoms with Gasteiger partial charge in [0.1, 0.15) is 0 Å². The van der Waals surface area contributed by atoms with Gasteiger partial charge in [0, 0.05) is 36.0 Å². The van der Waals surface area contributed by atoms with E-state index >= 15 is 0 Å². The third kappa shape index (κ3) is 2.24. The van der Waals surface area contributed by atoms with E-state index < -0.39 is 0 Å². The molecule has 1 aliphatic carbocycles. The highest BCUT2D eigenvalue weighted by Crippen LogP contribution is 2.34. The van der Waals surface area contributed by atoms with E-state index in [4.69, 9.17) is 9.97 Å². The third-order valence-electron chi connectivity index (χ3n) is 5.86. The SMILES string of the molecule is C[C@H]1CCN1c1nc2c(c(-c3ccc4c(c3)CCNC4)n1)CCC2. The molecule has 0 amide bonds. The van der Waals surface area contributed by atoms with Gasteiger partial charge in [-0.3, -0.25) is 0 Å². The second-order valence-corrected chi connectivity index (χ2v) is 7.39. The van der Waals surface area contributed by atoms with Crippen LogP contribution in [0.25, 0.3) is 11.3 Å². The average molecular weight is 320 g/mol. The van der Waals surface area contributed by atoms with Gasteiger partial charge in [-0.25, -0.2) is 9.97 Å². The number of anilines is 1. The van der Waals surface area contributed by atoms with Crippen molar-refractivity contribution in [2.45, 2.75) is 51.6 Å². The Hall–Kier alpha value is -1.94. The first-order valence-electron chi connectivity index (χ1n) is 9.29. The summed E-state index contributed by atoms with van der Waals surface area (Å²) < 4.78 is 0. The van der Waals surface area contributed by atoms with Crippen LogP contribution >= 0.6 is 0 Å². The van der Waals surface area contributed by atoms with Crippen LogP contribution in [0, 0.1) is 0 Å². The number of aromatic nitrogens is 2. The number of aryl methyl sites for hydroxylation is 1. The number of hydrogen-bond donors (Lipinski definition) is 1. The van der Waals surface area contributed by atoms with Gasteiger partial charge in [-0.2, -0.15) is 0 Å². The molecule has 2 aromatic rings. The van der Waals surface area contributed by atoms with Crippen molar-refractivity contribution in [3.05, 3.63) is 40.6 Å². The molecular weight excluding hydrogens is 296 g/mol. The van der Waals surface area contributed by atoms with E-state index in [0.29, 0.717) is 6.04 Å². The standard InChI is InChI=1S/C20H24N4/c1-13-8-10-24(13)20-22-18-4-2-3-17(18)19(23-20)15-5-6-16-12-21-9-7-14(16)11-15/h5-6,11,13,21H,2-4,7-10,12H2,1H3/t13-/m0/s1. The first-order valence-corrected chi connectivity index (χ1v) is 9.29. The molecule has 0 bridgehead atoms. The molecule has 3 aliphatic rings. The summed E-state index contributed by atoms with van der Waals surface area (Å²) in [5, 5.41) is 3.45. The van der Waals surface area contributed by atoms with Crippen molar-refractivity contribution in [3.8, 4) is 11.3 Å². The minimum absolute atomic E-state index is 0.576. The van der Waals surface area contributed by atoms with Crippen molar-refractivity contribution < 1.29 is 0 Å². The van der Waals surface area contributed by atoms with Crippen LogP contribution in [0.1, 0.15) is 42.1 Å². The van der Waals surface area contributed by atoms with E-state index in [1.165, 1.54) is 46.5 Å². The van der Waals surface area contributed by atoms with Crippen LogP contribution in [-0.2, 0) is 25.8 Å². The first kappa shape index (κ1) is 14.4. The smallest absolute Gasteiger partial charge is 0.226 e. The van der Waals surface area contributed by atoms with Gasteiger partial charge in [-0.15, -0.1) is 0 Å². The van der Waals surface area contributed by atoms with Gasteiger partial charge in [-0.05, 0) is 62.8 Å². The molecule has 5 rings (SSSR count). The maximum absolute atomic E-state index is 5.04. The Kier molecular flexibility index (Phi) is 3.33.